The quantitative estimate of drug-likeness (QED) is 0.667. The molecule has 7 nitrogen and oxygen atoms in total. The minimum absolute atomic E-state index is 0.115. The molecular weight excluding hydrogens is 370 g/mol. The van der Waals surface area contributed by atoms with Gasteiger partial charge in [0.15, 0.2) is 5.69 Å². The van der Waals surface area contributed by atoms with Gasteiger partial charge in [-0.05, 0) is 57.0 Å². The Balaban J connectivity index is 1.27. The van der Waals surface area contributed by atoms with E-state index in [2.05, 4.69) is 16.8 Å². The van der Waals surface area contributed by atoms with Crippen LogP contribution in [0.25, 0.3) is 11.5 Å². The van der Waals surface area contributed by atoms with E-state index in [9.17, 15) is 4.79 Å². The second-order valence-electron chi connectivity index (χ2n) is 7.70. The zero-order valence-corrected chi connectivity index (χ0v) is 17.0. The van der Waals surface area contributed by atoms with Gasteiger partial charge in [-0.25, -0.2) is 4.98 Å². The number of aromatic nitrogens is 1. The fraction of sp³-hybridized carbons (Fsp3) is 0.545. The maximum atomic E-state index is 12.5. The highest BCUT2D eigenvalue weighted by Gasteiger charge is 2.22. The van der Waals surface area contributed by atoms with Crippen LogP contribution in [0.3, 0.4) is 0 Å². The topological polar surface area (TPSA) is 68.0 Å². The predicted molar refractivity (Wildman–Crippen MR) is 109 cm³/mol. The van der Waals surface area contributed by atoms with Crippen LogP contribution in [-0.2, 0) is 4.74 Å². The second-order valence-corrected chi connectivity index (χ2v) is 7.70. The molecule has 1 unspecified atom stereocenters. The van der Waals surface area contributed by atoms with E-state index in [1.54, 1.807) is 4.90 Å². The van der Waals surface area contributed by atoms with Crippen molar-refractivity contribution in [1.82, 2.24) is 14.8 Å². The summed E-state index contributed by atoms with van der Waals surface area (Å²) in [6.07, 6.45) is 5.07. The molecule has 0 saturated carbocycles. The monoisotopic (exact) mass is 399 g/mol. The highest BCUT2D eigenvalue weighted by Crippen LogP contribution is 2.23. The van der Waals surface area contributed by atoms with Crippen molar-refractivity contribution in [3.8, 4) is 17.2 Å². The molecule has 7 heteroatoms. The van der Waals surface area contributed by atoms with Crippen molar-refractivity contribution < 1.29 is 18.7 Å². The van der Waals surface area contributed by atoms with E-state index < -0.39 is 0 Å². The second kappa shape index (κ2) is 9.41. The number of nitrogens with zero attached hydrogens (tertiary/aromatic N) is 3. The molecule has 29 heavy (non-hydrogen) atoms. The van der Waals surface area contributed by atoms with Gasteiger partial charge in [-0.3, -0.25) is 4.79 Å². The van der Waals surface area contributed by atoms with Crippen LogP contribution in [-0.4, -0.2) is 72.7 Å². The fourth-order valence-electron chi connectivity index (χ4n) is 3.91. The number of amides is 1. The maximum Gasteiger partial charge on any atom is 0.275 e. The van der Waals surface area contributed by atoms with E-state index in [0.717, 1.165) is 24.3 Å². The van der Waals surface area contributed by atoms with E-state index in [0.29, 0.717) is 50.5 Å². The zero-order valence-electron chi connectivity index (χ0n) is 17.0. The first-order valence-corrected chi connectivity index (χ1v) is 10.5. The molecule has 156 valence electrons. The van der Waals surface area contributed by atoms with Crippen LogP contribution in [0, 0.1) is 0 Å². The number of likely N-dealkylation sites (tertiary alicyclic amines) is 1. The SMILES string of the molecule is CC1CCCN1CCCOc1ccc(-c2nc(C(=O)N3CCOCC3)co2)cc1. The van der Waals surface area contributed by atoms with Gasteiger partial charge in [-0.1, -0.05) is 0 Å². The molecule has 0 N–H and O–H groups in total. The standard InChI is InChI=1S/C22H29N3O4/c1-17-4-2-9-24(17)10-3-13-28-19-7-5-18(6-8-19)21-23-20(16-29-21)22(26)25-11-14-27-15-12-25/h5-8,16-17H,2-4,9-15H2,1H3. The summed E-state index contributed by atoms with van der Waals surface area (Å²) in [4.78, 5) is 21.1. The number of benzene rings is 1. The van der Waals surface area contributed by atoms with Crippen molar-refractivity contribution in [3.05, 3.63) is 36.2 Å². The molecule has 3 heterocycles. The van der Waals surface area contributed by atoms with Gasteiger partial charge < -0.3 is 23.7 Å². The average molecular weight is 399 g/mol. The summed E-state index contributed by atoms with van der Waals surface area (Å²) in [7, 11) is 0. The Morgan fingerprint density at radius 2 is 2.00 bits per heavy atom. The van der Waals surface area contributed by atoms with Crippen LogP contribution in [0.5, 0.6) is 5.75 Å². The molecule has 2 aliphatic heterocycles. The van der Waals surface area contributed by atoms with Gasteiger partial charge in [-0.15, -0.1) is 0 Å². The minimum Gasteiger partial charge on any atom is -0.494 e. The van der Waals surface area contributed by atoms with Crippen molar-refractivity contribution >= 4 is 5.91 Å². The van der Waals surface area contributed by atoms with E-state index in [1.165, 1.54) is 25.6 Å². The molecule has 0 spiro atoms. The van der Waals surface area contributed by atoms with Gasteiger partial charge in [0.25, 0.3) is 5.91 Å². The lowest BCUT2D eigenvalue weighted by Gasteiger charge is -2.25. The smallest absolute Gasteiger partial charge is 0.275 e. The van der Waals surface area contributed by atoms with Crippen LogP contribution >= 0.6 is 0 Å². The summed E-state index contributed by atoms with van der Waals surface area (Å²) in [5.41, 5.74) is 1.16. The van der Waals surface area contributed by atoms with E-state index in [1.807, 2.05) is 24.3 Å². The number of ether oxygens (including phenoxy) is 2. The van der Waals surface area contributed by atoms with Crippen molar-refractivity contribution in [3.63, 3.8) is 0 Å². The molecule has 0 bridgehead atoms. The number of hydrogen-bond acceptors (Lipinski definition) is 6. The lowest BCUT2D eigenvalue weighted by atomic mass is 10.2. The molecule has 2 aliphatic rings. The first-order chi connectivity index (χ1) is 14.2. The van der Waals surface area contributed by atoms with Gasteiger partial charge in [0.2, 0.25) is 5.89 Å². The number of oxazole rings is 1. The molecule has 2 saturated heterocycles. The largest absolute Gasteiger partial charge is 0.494 e. The normalized spacial score (nSPS) is 20.2. The highest BCUT2D eigenvalue weighted by atomic mass is 16.5. The van der Waals surface area contributed by atoms with Gasteiger partial charge in [0.1, 0.15) is 12.0 Å². The Labute approximate surface area is 171 Å². The van der Waals surface area contributed by atoms with Gasteiger partial charge in [0.05, 0.1) is 19.8 Å². The number of carbonyl (C=O) groups excluding carboxylic acids is 1. The first kappa shape index (κ1) is 19.9. The van der Waals surface area contributed by atoms with E-state index >= 15 is 0 Å². The molecule has 2 aromatic rings. The van der Waals surface area contributed by atoms with E-state index in [4.69, 9.17) is 13.9 Å². The Morgan fingerprint density at radius 1 is 1.21 bits per heavy atom. The van der Waals surface area contributed by atoms with Crippen molar-refractivity contribution in [1.29, 1.82) is 0 Å². The third kappa shape index (κ3) is 4.97. The highest BCUT2D eigenvalue weighted by molar-refractivity contribution is 5.92. The average Bonchev–Trinajstić information content (AvgIpc) is 3.41. The number of carbonyl (C=O) groups is 1. The molecule has 0 aliphatic carbocycles. The first-order valence-electron chi connectivity index (χ1n) is 10.5. The summed E-state index contributed by atoms with van der Waals surface area (Å²) in [5, 5.41) is 0. The van der Waals surface area contributed by atoms with Gasteiger partial charge in [-0.2, -0.15) is 0 Å². The zero-order chi connectivity index (χ0) is 20.1. The number of hydrogen-bond donors (Lipinski definition) is 0. The molecule has 0 radical (unpaired) electrons. The Hall–Kier alpha value is -2.38. The molecular formula is C22H29N3O4. The van der Waals surface area contributed by atoms with Crippen molar-refractivity contribution in [2.45, 2.75) is 32.2 Å². The summed E-state index contributed by atoms with van der Waals surface area (Å²) in [5.74, 6) is 1.16. The van der Waals surface area contributed by atoms with Crippen molar-refractivity contribution in [2.24, 2.45) is 0 Å². The predicted octanol–water partition coefficient (Wildman–Crippen LogP) is 3.07. The fourth-order valence-corrected chi connectivity index (χ4v) is 3.91. The van der Waals surface area contributed by atoms with E-state index in [-0.39, 0.29) is 5.91 Å². The molecule has 4 rings (SSSR count). The summed E-state index contributed by atoms with van der Waals surface area (Å²) in [6.45, 7) is 7.61. The molecule has 1 amide bonds. The Morgan fingerprint density at radius 3 is 2.72 bits per heavy atom. The Bertz CT molecular complexity index is 799. The lowest BCUT2D eigenvalue weighted by Crippen LogP contribution is -2.40. The van der Waals surface area contributed by atoms with Crippen LogP contribution in [0.4, 0.5) is 0 Å². The van der Waals surface area contributed by atoms with Crippen LogP contribution in [0.15, 0.2) is 34.9 Å². The van der Waals surface area contributed by atoms with Crippen LogP contribution in [0.2, 0.25) is 0 Å². The molecule has 1 aromatic heterocycles. The number of morpholine rings is 1. The summed E-state index contributed by atoms with van der Waals surface area (Å²) < 4.78 is 16.7. The third-order valence-electron chi connectivity index (χ3n) is 5.67. The number of rotatable bonds is 7. The van der Waals surface area contributed by atoms with Gasteiger partial charge in [0, 0.05) is 31.2 Å². The lowest BCUT2D eigenvalue weighted by molar-refractivity contribution is 0.0299. The Kier molecular flexibility index (Phi) is 6.46. The van der Waals surface area contributed by atoms with Crippen LogP contribution < -0.4 is 4.74 Å². The minimum atomic E-state index is -0.115. The molecule has 1 atom stereocenters. The summed E-state index contributed by atoms with van der Waals surface area (Å²) in [6, 6.07) is 8.36. The maximum absolute atomic E-state index is 12.5. The summed E-state index contributed by atoms with van der Waals surface area (Å²) >= 11 is 0. The molecule has 2 fully saturated rings. The third-order valence-corrected chi connectivity index (χ3v) is 5.67. The van der Waals surface area contributed by atoms with Crippen molar-refractivity contribution in [2.75, 3.05) is 46.0 Å². The van der Waals surface area contributed by atoms with Gasteiger partial charge >= 0.3 is 0 Å². The van der Waals surface area contributed by atoms with Crippen LogP contribution in [0.1, 0.15) is 36.7 Å². The molecule has 1 aromatic carbocycles.